The number of hydrogen-bond donors (Lipinski definition) is 1. The maximum atomic E-state index is 8.95. The van der Waals surface area contributed by atoms with Gasteiger partial charge >= 0.3 is 0 Å². The molecule has 0 unspecified atom stereocenters. The first-order valence-corrected chi connectivity index (χ1v) is 7.08. The van der Waals surface area contributed by atoms with Crippen LogP contribution in [-0.4, -0.2) is 27.2 Å². The summed E-state index contributed by atoms with van der Waals surface area (Å²) in [4.78, 5) is 7.32. The molecule has 0 radical (unpaired) electrons. The number of benzene rings is 1. The molecule has 0 aliphatic carbocycles. The summed E-state index contributed by atoms with van der Waals surface area (Å²) in [6, 6.07) is 10.5. The zero-order chi connectivity index (χ0) is 15.1. The van der Waals surface area contributed by atoms with Gasteiger partial charge in [-0.3, -0.25) is 4.57 Å². The van der Waals surface area contributed by atoms with Crippen molar-refractivity contribution in [1.82, 2.24) is 14.5 Å². The Morgan fingerprint density at radius 2 is 2.41 bits per heavy atom. The zero-order valence-corrected chi connectivity index (χ0v) is 12.0. The smallest absolute Gasteiger partial charge is 0.298 e. The molecule has 6 heteroatoms. The molecule has 1 aliphatic heterocycles. The number of aromatic nitrogens is 3. The molecule has 3 aromatic rings. The van der Waals surface area contributed by atoms with E-state index in [0.717, 1.165) is 22.3 Å². The summed E-state index contributed by atoms with van der Waals surface area (Å²) >= 11 is 0. The normalized spacial score (nSPS) is 16.3. The van der Waals surface area contributed by atoms with Crippen LogP contribution in [0, 0.1) is 18.3 Å². The molecule has 0 fully saturated rings. The molecule has 1 N–H and O–H groups in total. The number of imidazole rings is 1. The van der Waals surface area contributed by atoms with Crippen molar-refractivity contribution >= 4 is 10.9 Å². The van der Waals surface area contributed by atoms with Gasteiger partial charge in [-0.1, -0.05) is 0 Å². The molecule has 4 rings (SSSR count). The average molecular weight is 294 g/mol. The molecular weight excluding hydrogens is 280 g/mol. The SMILES string of the molecule is Cc1c(C#N)nc2n1C[C@@H](COc1ccc3[nH]ccc3c1)O2. The van der Waals surface area contributed by atoms with Gasteiger partial charge in [0.15, 0.2) is 11.8 Å². The van der Waals surface area contributed by atoms with E-state index in [-0.39, 0.29) is 6.10 Å². The molecule has 0 saturated heterocycles. The molecule has 22 heavy (non-hydrogen) atoms. The fourth-order valence-corrected chi connectivity index (χ4v) is 2.71. The van der Waals surface area contributed by atoms with Crippen molar-refractivity contribution in [1.29, 1.82) is 5.26 Å². The summed E-state index contributed by atoms with van der Waals surface area (Å²) in [5, 5.41) is 10.1. The third-order valence-corrected chi connectivity index (χ3v) is 3.91. The Hall–Kier alpha value is -2.94. The molecule has 0 spiro atoms. The third-order valence-electron chi connectivity index (χ3n) is 3.91. The van der Waals surface area contributed by atoms with Crippen molar-refractivity contribution in [3.05, 3.63) is 41.9 Å². The second kappa shape index (κ2) is 4.81. The maximum Gasteiger partial charge on any atom is 0.298 e. The lowest BCUT2D eigenvalue weighted by Crippen LogP contribution is -2.24. The minimum atomic E-state index is -0.0872. The summed E-state index contributed by atoms with van der Waals surface area (Å²) in [6.07, 6.45) is 1.82. The Morgan fingerprint density at radius 1 is 1.50 bits per heavy atom. The van der Waals surface area contributed by atoms with E-state index in [4.69, 9.17) is 14.7 Å². The van der Waals surface area contributed by atoms with Crippen molar-refractivity contribution in [3.63, 3.8) is 0 Å². The van der Waals surface area contributed by atoms with E-state index in [1.165, 1.54) is 0 Å². The Morgan fingerprint density at radius 3 is 3.23 bits per heavy atom. The van der Waals surface area contributed by atoms with Crippen LogP contribution in [0.5, 0.6) is 11.8 Å². The van der Waals surface area contributed by atoms with Gasteiger partial charge in [0.05, 0.1) is 12.2 Å². The molecule has 1 aliphatic rings. The van der Waals surface area contributed by atoms with Crippen LogP contribution in [0.15, 0.2) is 30.5 Å². The van der Waals surface area contributed by atoms with Crippen LogP contribution in [0.3, 0.4) is 0 Å². The predicted molar refractivity (Wildman–Crippen MR) is 79.9 cm³/mol. The number of fused-ring (bicyclic) bond motifs is 2. The van der Waals surface area contributed by atoms with Crippen molar-refractivity contribution in [2.45, 2.75) is 19.6 Å². The number of ether oxygens (including phenoxy) is 2. The number of nitrogens with zero attached hydrogens (tertiary/aromatic N) is 3. The highest BCUT2D eigenvalue weighted by molar-refractivity contribution is 5.80. The second-order valence-corrected chi connectivity index (χ2v) is 5.33. The lowest BCUT2D eigenvalue weighted by molar-refractivity contribution is 0.143. The van der Waals surface area contributed by atoms with Crippen LogP contribution in [0.1, 0.15) is 11.4 Å². The molecule has 0 amide bonds. The standard InChI is InChI=1S/C16H14N4O2/c1-10-15(7-17)19-16-20(10)8-13(22-16)9-21-12-2-3-14-11(6-12)4-5-18-14/h2-6,13,18H,8-9H2,1H3/t13-/m0/s1. The van der Waals surface area contributed by atoms with E-state index in [0.29, 0.717) is 24.9 Å². The van der Waals surface area contributed by atoms with Gasteiger partial charge in [-0.25, -0.2) is 0 Å². The van der Waals surface area contributed by atoms with E-state index >= 15 is 0 Å². The number of nitrogens with one attached hydrogen (secondary N) is 1. The molecule has 0 saturated carbocycles. The minimum absolute atomic E-state index is 0.0872. The van der Waals surface area contributed by atoms with Crippen LogP contribution in [0.4, 0.5) is 0 Å². The first kappa shape index (κ1) is 12.8. The van der Waals surface area contributed by atoms with Gasteiger partial charge in [0.25, 0.3) is 6.01 Å². The Kier molecular flexibility index (Phi) is 2.79. The van der Waals surface area contributed by atoms with Crippen LogP contribution in [-0.2, 0) is 6.54 Å². The predicted octanol–water partition coefficient (Wildman–Crippen LogP) is 2.38. The fourth-order valence-electron chi connectivity index (χ4n) is 2.71. The molecule has 3 heterocycles. The number of H-pyrrole nitrogens is 1. The van der Waals surface area contributed by atoms with Crippen molar-refractivity contribution in [2.24, 2.45) is 0 Å². The molecule has 1 atom stereocenters. The Balaban J connectivity index is 1.44. The summed E-state index contributed by atoms with van der Waals surface area (Å²) in [5.41, 5.74) is 2.35. The molecule has 110 valence electrons. The summed E-state index contributed by atoms with van der Waals surface area (Å²) < 4.78 is 13.5. The highest BCUT2D eigenvalue weighted by Crippen LogP contribution is 2.26. The van der Waals surface area contributed by atoms with Gasteiger partial charge in [0.1, 0.15) is 18.4 Å². The fraction of sp³-hybridized carbons (Fsp3) is 0.250. The monoisotopic (exact) mass is 294 g/mol. The first-order valence-electron chi connectivity index (χ1n) is 7.08. The van der Waals surface area contributed by atoms with Crippen LogP contribution in [0.25, 0.3) is 10.9 Å². The molecular formula is C16H14N4O2. The molecule has 6 nitrogen and oxygen atoms in total. The maximum absolute atomic E-state index is 8.95. The highest BCUT2D eigenvalue weighted by Gasteiger charge is 2.28. The summed E-state index contributed by atoms with van der Waals surface area (Å²) in [7, 11) is 0. The van der Waals surface area contributed by atoms with Gasteiger partial charge in [0, 0.05) is 17.1 Å². The average Bonchev–Trinajstić information content (AvgIpc) is 3.21. The number of aromatic amines is 1. The Labute approximate surface area is 126 Å². The molecule has 0 bridgehead atoms. The number of hydrogen-bond acceptors (Lipinski definition) is 4. The Bertz CT molecular complexity index is 887. The lowest BCUT2D eigenvalue weighted by atomic mass is 10.2. The summed E-state index contributed by atoms with van der Waals surface area (Å²) in [6.45, 7) is 2.98. The summed E-state index contributed by atoms with van der Waals surface area (Å²) in [5.74, 6) is 0.815. The first-order chi connectivity index (χ1) is 10.7. The minimum Gasteiger partial charge on any atom is -0.490 e. The number of rotatable bonds is 3. The highest BCUT2D eigenvalue weighted by atomic mass is 16.6. The van der Waals surface area contributed by atoms with Crippen LogP contribution >= 0.6 is 0 Å². The van der Waals surface area contributed by atoms with E-state index in [2.05, 4.69) is 16.0 Å². The molecule has 1 aromatic carbocycles. The van der Waals surface area contributed by atoms with Crippen molar-refractivity contribution < 1.29 is 9.47 Å². The van der Waals surface area contributed by atoms with E-state index < -0.39 is 0 Å². The van der Waals surface area contributed by atoms with E-state index in [9.17, 15) is 0 Å². The van der Waals surface area contributed by atoms with Gasteiger partial charge in [-0.15, -0.1) is 0 Å². The largest absolute Gasteiger partial charge is 0.490 e. The zero-order valence-electron chi connectivity index (χ0n) is 12.0. The van der Waals surface area contributed by atoms with Gasteiger partial charge < -0.3 is 14.5 Å². The van der Waals surface area contributed by atoms with Crippen LogP contribution < -0.4 is 9.47 Å². The van der Waals surface area contributed by atoms with Crippen molar-refractivity contribution in [2.75, 3.05) is 6.61 Å². The van der Waals surface area contributed by atoms with Crippen LogP contribution in [0.2, 0.25) is 0 Å². The van der Waals surface area contributed by atoms with Gasteiger partial charge in [0.2, 0.25) is 0 Å². The second-order valence-electron chi connectivity index (χ2n) is 5.33. The van der Waals surface area contributed by atoms with Crippen molar-refractivity contribution in [3.8, 4) is 17.8 Å². The number of nitriles is 1. The lowest BCUT2D eigenvalue weighted by Gasteiger charge is -2.11. The van der Waals surface area contributed by atoms with Gasteiger partial charge in [-0.05, 0) is 31.2 Å². The quantitative estimate of drug-likeness (QED) is 0.804. The third kappa shape index (κ3) is 1.99. The molecule has 2 aromatic heterocycles. The van der Waals surface area contributed by atoms with E-state index in [1.54, 1.807) is 0 Å². The topological polar surface area (TPSA) is 75.9 Å². The van der Waals surface area contributed by atoms with Gasteiger partial charge in [-0.2, -0.15) is 10.2 Å². The van der Waals surface area contributed by atoms with E-state index in [1.807, 2.05) is 42.0 Å².